The molecule has 0 aliphatic carbocycles. The minimum atomic E-state index is -1.30. The van der Waals surface area contributed by atoms with Crippen LogP contribution in [0.25, 0.3) is 0 Å². The van der Waals surface area contributed by atoms with E-state index in [0.29, 0.717) is 0 Å². The molecule has 0 N–H and O–H groups in total. The standard InChI is InChI=1S/C8H15ClSi/c1-4-5-6-7-8-10(2,3)9/h1H,5-8H2,2-3H3. The molecule has 0 saturated heterocycles. The van der Waals surface area contributed by atoms with Gasteiger partial charge in [0.1, 0.15) is 7.38 Å². The molecule has 0 aromatic heterocycles. The second-order valence-corrected chi connectivity index (χ2v) is 10.1. The molecule has 0 radical (unpaired) electrons. The fourth-order valence-electron chi connectivity index (χ4n) is 0.772. The largest absolute Gasteiger partial charge is 0.168 e. The van der Waals surface area contributed by atoms with E-state index < -0.39 is 7.38 Å². The summed E-state index contributed by atoms with van der Waals surface area (Å²) in [5.41, 5.74) is 0. The SMILES string of the molecule is C#CCCCC[Si](C)(C)Cl. The Bertz CT molecular complexity index is 118. The Balaban J connectivity index is 3.14. The highest BCUT2D eigenvalue weighted by Gasteiger charge is 2.14. The van der Waals surface area contributed by atoms with Crippen molar-refractivity contribution in [3.05, 3.63) is 0 Å². The molecule has 0 atom stereocenters. The summed E-state index contributed by atoms with van der Waals surface area (Å²) in [6, 6.07) is 1.19. The quantitative estimate of drug-likeness (QED) is 0.266. The van der Waals surface area contributed by atoms with E-state index in [1.165, 1.54) is 12.5 Å². The van der Waals surface area contributed by atoms with Crippen LogP contribution in [0.5, 0.6) is 0 Å². The Morgan fingerprint density at radius 1 is 1.40 bits per heavy atom. The van der Waals surface area contributed by atoms with Gasteiger partial charge in [-0.2, -0.15) is 11.1 Å². The van der Waals surface area contributed by atoms with Crippen molar-refractivity contribution in [2.24, 2.45) is 0 Å². The number of hydrogen-bond acceptors (Lipinski definition) is 0. The van der Waals surface area contributed by atoms with E-state index in [1.807, 2.05) is 0 Å². The molecule has 0 heterocycles. The zero-order valence-corrected chi connectivity index (χ0v) is 8.54. The van der Waals surface area contributed by atoms with Gasteiger partial charge >= 0.3 is 0 Å². The van der Waals surface area contributed by atoms with E-state index in [4.69, 9.17) is 17.5 Å². The minimum absolute atomic E-state index is 0.904. The van der Waals surface area contributed by atoms with Gasteiger partial charge in [-0.25, -0.2) is 0 Å². The molecule has 0 bridgehead atoms. The number of halogens is 1. The lowest BCUT2D eigenvalue weighted by Crippen LogP contribution is -2.14. The third-order valence-corrected chi connectivity index (χ3v) is 3.45. The molecule has 58 valence electrons. The number of hydrogen-bond donors (Lipinski definition) is 0. The Morgan fingerprint density at radius 2 is 2.00 bits per heavy atom. The van der Waals surface area contributed by atoms with Crippen LogP contribution >= 0.6 is 11.1 Å². The smallest absolute Gasteiger partial charge is 0.150 e. The van der Waals surface area contributed by atoms with Crippen molar-refractivity contribution in [1.82, 2.24) is 0 Å². The first-order valence-corrected chi connectivity index (χ1v) is 7.90. The van der Waals surface area contributed by atoms with Gasteiger partial charge in [0, 0.05) is 6.42 Å². The van der Waals surface area contributed by atoms with Crippen LogP contribution in [-0.2, 0) is 0 Å². The maximum Gasteiger partial charge on any atom is 0.150 e. The highest BCUT2D eigenvalue weighted by Crippen LogP contribution is 2.17. The zero-order valence-electron chi connectivity index (χ0n) is 6.78. The van der Waals surface area contributed by atoms with Gasteiger partial charge in [0.15, 0.2) is 0 Å². The van der Waals surface area contributed by atoms with E-state index in [2.05, 4.69) is 19.0 Å². The lowest BCUT2D eigenvalue weighted by Gasteiger charge is -2.10. The molecule has 10 heavy (non-hydrogen) atoms. The normalized spacial score (nSPS) is 11.0. The number of rotatable bonds is 4. The van der Waals surface area contributed by atoms with Gasteiger partial charge in [-0.3, -0.25) is 0 Å². The number of unbranched alkanes of at least 4 members (excludes halogenated alkanes) is 2. The molecule has 0 saturated carbocycles. The van der Waals surface area contributed by atoms with Crippen LogP contribution in [0.15, 0.2) is 0 Å². The van der Waals surface area contributed by atoms with Gasteiger partial charge in [-0.05, 0) is 12.5 Å². The van der Waals surface area contributed by atoms with E-state index >= 15 is 0 Å². The second kappa shape index (κ2) is 4.82. The molecule has 0 unspecified atom stereocenters. The molecular weight excluding hydrogens is 160 g/mol. The maximum absolute atomic E-state index is 6.10. The fraction of sp³-hybridized carbons (Fsp3) is 0.750. The highest BCUT2D eigenvalue weighted by atomic mass is 35.6. The average Bonchev–Trinajstić information content (AvgIpc) is 1.78. The Hall–Kier alpha value is 0.0669. The zero-order chi connectivity index (χ0) is 8.04. The summed E-state index contributed by atoms with van der Waals surface area (Å²) >= 11 is 6.10. The predicted octanol–water partition coefficient (Wildman–Crippen LogP) is 3.23. The summed E-state index contributed by atoms with van der Waals surface area (Å²) in [4.78, 5) is 0. The van der Waals surface area contributed by atoms with Crippen molar-refractivity contribution in [2.45, 2.75) is 38.4 Å². The first-order valence-electron chi connectivity index (χ1n) is 3.68. The van der Waals surface area contributed by atoms with Crippen molar-refractivity contribution >= 4 is 18.5 Å². The molecule has 0 nitrogen and oxygen atoms in total. The van der Waals surface area contributed by atoms with Crippen molar-refractivity contribution in [3.63, 3.8) is 0 Å². The van der Waals surface area contributed by atoms with Gasteiger partial charge in [0.2, 0.25) is 0 Å². The Morgan fingerprint density at radius 3 is 2.40 bits per heavy atom. The van der Waals surface area contributed by atoms with Crippen LogP contribution < -0.4 is 0 Å². The van der Waals surface area contributed by atoms with Crippen molar-refractivity contribution in [3.8, 4) is 12.3 Å². The Labute approximate surface area is 69.7 Å². The molecule has 0 aliphatic rings. The lowest BCUT2D eigenvalue weighted by atomic mass is 10.3. The van der Waals surface area contributed by atoms with Crippen LogP contribution in [0.3, 0.4) is 0 Å². The first-order chi connectivity index (χ1) is 4.56. The van der Waals surface area contributed by atoms with Gasteiger partial charge < -0.3 is 0 Å². The number of terminal acetylenes is 1. The molecule has 0 aliphatic heterocycles. The van der Waals surface area contributed by atoms with Crippen LogP contribution in [0.2, 0.25) is 19.1 Å². The predicted molar refractivity (Wildman–Crippen MR) is 50.8 cm³/mol. The van der Waals surface area contributed by atoms with E-state index in [9.17, 15) is 0 Å². The second-order valence-electron chi connectivity index (χ2n) is 3.13. The molecule has 0 rings (SSSR count). The minimum Gasteiger partial charge on any atom is -0.168 e. The van der Waals surface area contributed by atoms with Gasteiger partial charge in [-0.1, -0.05) is 19.5 Å². The topological polar surface area (TPSA) is 0 Å². The Kier molecular flexibility index (Phi) is 4.85. The lowest BCUT2D eigenvalue weighted by molar-refractivity contribution is 0.819. The molecule has 0 amide bonds. The van der Waals surface area contributed by atoms with E-state index in [0.717, 1.165) is 12.8 Å². The van der Waals surface area contributed by atoms with Gasteiger partial charge in [0.05, 0.1) is 0 Å². The van der Waals surface area contributed by atoms with Gasteiger partial charge in [0.25, 0.3) is 0 Å². The fourth-order valence-corrected chi connectivity index (χ4v) is 2.26. The van der Waals surface area contributed by atoms with Crippen molar-refractivity contribution in [1.29, 1.82) is 0 Å². The van der Waals surface area contributed by atoms with Crippen molar-refractivity contribution < 1.29 is 0 Å². The summed E-state index contributed by atoms with van der Waals surface area (Å²) in [5.74, 6) is 2.63. The van der Waals surface area contributed by atoms with Crippen molar-refractivity contribution in [2.75, 3.05) is 0 Å². The summed E-state index contributed by atoms with van der Waals surface area (Å²) in [6.07, 6.45) is 8.35. The van der Waals surface area contributed by atoms with Crippen LogP contribution in [0.4, 0.5) is 0 Å². The molecule has 0 aromatic carbocycles. The van der Waals surface area contributed by atoms with E-state index in [-0.39, 0.29) is 0 Å². The third-order valence-electron chi connectivity index (χ3n) is 1.34. The maximum atomic E-state index is 6.10. The van der Waals surface area contributed by atoms with Gasteiger partial charge in [-0.15, -0.1) is 12.3 Å². The molecule has 2 heteroatoms. The van der Waals surface area contributed by atoms with E-state index in [1.54, 1.807) is 0 Å². The highest BCUT2D eigenvalue weighted by molar-refractivity contribution is 7.19. The van der Waals surface area contributed by atoms with Crippen LogP contribution in [-0.4, -0.2) is 7.38 Å². The summed E-state index contributed by atoms with van der Waals surface area (Å²) < 4.78 is 0. The first kappa shape index (κ1) is 10.1. The summed E-state index contributed by atoms with van der Waals surface area (Å²) in [5, 5.41) is 0. The summed E-state index contributed by atoms with van der Waals surface area (Å²) in [6.45, 7) is 4.34. The van der Waals surface area contributed by atoms with Crippen LogP contribution in [0.1, 0.15) is 19.3 Å². The average molecular weight is 175 g/mol. The molecule has 0 fully saturated rings. The molecular formula is C8H15ClSi. The summed E-state index contributed by atoms with van der Waals surface area (Å²) in [7, 11) is -1.30. The monoisotopic (exact) mass is 174 g/mol. The molecule has 0 aromatic rings. The molecule has 0 spiro atoms. The third kappa shape index (κ3) is 8.07. The van der Waals surface area contributed by atoms with Crippen LogP contribution in [0, 0.1) is 12.3 Å².